The lowest BCUT2D eigenvalue weighted by Gasteiger charge is -2.26. The lowest BCUT2D eigenvalue weighted by Crippen LogP contribution is -2.28. The maximum atomic E-state index is 6.13. The third-order valence-electron chi connectivity index (χ3n) is 3.61. The molecule has 1 aliphatic rings. The zero-order valence-electron chi connectivity index (χ0n) is 11.6. The zero-order chi connectivity index (χ0) is 13.7. The number of anilines is 1. The number of nitrogens with zero attached hydrogens (tertiary/aromatic N) is 1. The number of hydrogen-bond acceptors (Lipinski definition) is 3. The third-order valence-corrected chi connectivity index (χ3v) is 3.85. The highest BCUT2D eigenvalue weighted by molar-refractivity contribution is 6.30. The highest BCUT2D eigenvalue weighted by atomic mass is 35.5. The van der Waals surface area contributed by atoms with Crippen molar-refractivity contribution in [3.63, 3.8) is 0 Å². The van der Waals surface area contributed by atoms with Crippen molar-refractivity contribution in [2.24, 2.45) is 5.73 Å². The largest absolute Gasteiger partial charge is 0.380 e. The van der Waals surface area contributed by atoms with Crippen LogP contribution in [0.2, 0.25) is 5.02 Å². The molecule has 3 nitrogen and oxygen atoms in total. The Morgan fingerprint density at radius 3 is 3.00 bits per heavy atom. The molecule has 0 aliphatic carbocycles. The number of benzene rings is 1. The highest BCUT2D eigenvalue weighted by Crippen LogP contribution is 2.26. The normalized spacial score (nSPS) is 18.2. The lowest BCUT2D eigenvalue weighted by atomic mass is 10.0. The lowest BCUT2D eigenvalue weighted by molar-refractivity contribution is 0.152. The van der Waals surface area contributed by atoms with E-state index in [1.54, 1.807) is 0 Å². The monoisotopic (exact) mass is 282 g/mol. The summed E-state index contributed by atoms with van der Waals surface area (Å²) in [6, 6.07) is 6.33. The third kappa shape index (κ3) is 4.10. The van der Waals surface area contributed by atoms with Crippen LogP contribution in [0.3, 0.4) is 0 Å². The van der Waals surface area contributed by atoms with Gasteiger partial charge >= 0.3 is 0 Å². The first-order valence-corrected chi connectivity index (χ1v) is 7.45. The van der Waals surface area contributed by atoms with Crippen molar-refractivity contribution in [3.05, 3.63) is 28.8 Å². The van der Waals surface area contributed by atoms with Crippen LogP contribution < -0.4 is 10.6 Å². The second kappa shape index (κ2) is 7.13. The van der Waals surface area contributed by atoms with Gasteiger partial charge in [-0.05, 0) is 43.0 Å². The van der Waals surface area contributed by atoms with Gasteiger partial charge in [-0.15, -0.1) is 0 Å². The van der Waals surface area contributed by atoms with Crippen LogP contribution in [0, 0.1) is 0 Å². The van der Waals surface area contributed by atoms with Gasteiger partial charge in [0, 0.05) is 36.4 Å². The molecule has 4 heteroatoms. The van der Waals surface area contributed by atoms with E-state index in [2.05, 4.69) is 24.0 Å². The second-order valence-corrected chi connectivity index (χ2v) is 5.53. The van der Waals surface area contributed by atoms with Crippen molar-refractivity contribution in [2.75, 3.05) is 31.2 Å². The van der Waals surface area contributed by atoms with Crippen molar-refractivity contribution in [3.8, 4) is 0 Å². The average Bonchev–Trinajstić information content (AvgIpc) is 2.67. The van der Waals surface area contributed by atoms with Crippen LogP contribution >= 0.6 is 11.6 Å². The molecule has 1 aromatic rings. The molecular weight excluding hydrogens is 260 g/mol. The van der Waals surface area contributed by atoms with Gasteiger partial charge in [-0.2, -0.15) is 0 Å². The minimum Gasteiger partial charge on any atom is -0.380 e. The van der Waals surface area contributed by atoms with E-state index in [1.165, 1.54) is 11.3 Å². The Morgan fingerprint density at radius 2 is 2.21 bits per heavy atom. The van der Waals surface area contributed by atoms with Gasteiger partial charge in [0.15, 0.2) is 0 Å². The summed E-state index contributed by atoms with van der Waals surface area (Å²) in [5, 5.41) is 0.785. The topological polar surface area (TPSA) is 38.5 Å². The minimum absolute atomic E-state index is 0.195. The van der Waals surface area contributed by atoms with Gasteiger partial charge in [0.1, 0.15) is 0 Å². The number of halogens is 1. The molecular formula is C15H23ClN2O. The van der Waals surface area contributed by atoms with E-state index in [-0.39, 0.29) is 6.04 Å². The Hall–Kier alpha value is -0.770. The summed E-state index contributed by atoms with van der Waals surface area (Å²) >= 11 is 6.13. The Balaban J connectivity index is 2.21. The molecule has 0 aromatic heterocycles. The summed E-state index contributed by atoms with van der Waals surface area (Å²) in [4.78, 5) is 2.39. The molecule has 19 heavy (non-hydrogen) atoms. The number of ether oxygens (including phenoxy) is 1. The molecule has 1 fully saturated rings. The molecule has 1 heterocycles. The number of hydrogen-bond donors (Lipinski definition) is 1. The first-order valence-electron chi connectivity index (χ1n) is 7.07. The number of rotatable bonds is 4. The van der Waals surface area contributed by atoms with Crippen molar-refractivity contribution in [1.29, 1.82) is 0 Å². The summed E-state index contributed by atoms with van der Waals surface area (Å²) in [5.74, 6) is 0. The van der Waals surface area contributed by atoms with Gasteiger partial charge in [-0.25, -0.2) is 0 Å². The SMILES string of the molecule is CCC(N)Cc1cc(Cl)ccc1N1CCCOCC1. The van der Waals surface area contributed by atoms with Crippen LogP contribution in [-0.4, -0.2) is 32.3 Å². The van der Waals surface area contributed by atoms with Crippen LogP contribution in [-0.2, 0) is 11.2 Å². The molecule has 0 bridgehead atoms. The van der Waals surface area contributed by atoms with E-state index in [1.807, 2.05) is 6.07 Å². The molecule has 0 saturated carbocycles. The molecule has 1 aromatic carbocycles. The van der Waals surface area contributed by atoms with Crippen molar-refractivity contribution >= 4 is 17.3 Å². The summed E-state index contributed by atoms with van der Waals surface area (Å²) in [6.45, 7) is 5.75. The molecule has 0 radical (unpaired) electrons. The molecule has 2 rings (SSSR count). The van der Waals surface area contributed by atoms with Crippen LogP contribution in [0.25, 0.3) is 0 Å². The van der Waals surface area contributed by atoms with Gasteiger partial charge in [-0.3, -0.25) is 0 Å². The fraction of sp³-hybridized carbons (Fsp3) is 0.600. The van der Waals surface area contributed by atoms with Crippen LogP contribution in [0.5, 0.6) is 0 Å². The fourth-order valence-corrected chi connectivity index (χ4v) is 2.63. The average molecular weight is 283 g/mol. The van der Waals surface area contributed by atoms with E-state index >= 15 is 0 Å². The van der Waals surface area contributed by atoms with E-state index in [0.717, 1.165) is 50.6 Å². The number of nitrogens with two attached hydrogens (primary N) is 1. The summed E-state index contributed by atoms with van der Waals surface area (Å²) in [5.41, 5.74) is 8.61. The van der Waals surface area contributed by atoms with E-state index in [0.29, 0.717) is 0 Å². The summed E-state index contributed by atoms with van der Waals surface area (Å²) < 4.78 is 5.52. The molecule has 1 unspecified atom stereocenters. The van der Waals surface area contributed by atoms with Crippen LogP contribution in [0.1, 0.15) is 25.3 Å². The molecule has 106 valence electrons. The molecule has 0 amide bonds. The Labute approximate surface area is 120 Å². The summed E-state index contributed by atoms with van der Waals surface area (Å²) in [7, 11) is 0. The van der Waals surface area contributed by atoms with E-state index < -0.39 is 0 Å². The molecule has 1 atom stereocenters. The quantitative estimate of drug-likeness (QED) is 0.923. The van der Waals surface area contributed by atoms with Gasteiger partial charge in [-0.1, -0.05) is 18.5 Å². The Kier molecular flexibility index (Phi) is 5.49. The smallest absolute Gasteiger partial charge is 0.0641 e. The first kappa shape index (κ1) is 14.6. The maximum absolute atomic E-state index is 6.13. The van der Waals surface area contributed by atoms with Crippen molar-refractivity contribution in [2.45, 2.75) is 32.2 Å². The zero-order valence-corrected chi connectivity index (χ0v) is 12.3. The molecule has 2 N–H and O–H groups in total. The molecule has 0 spiro atoms. The van der Waals surface area contributed by atoms with E-state index in [4.69, 9.17) is 22.1 Å². The van der Waals surface area contributed by atoms with Crippen molar-refractivity contribution < 1.29 is 4.74 Å². The molecule has 1 aliphatic heterocycles. The van der Waals surface area contributed by atoms with E-state index in [9.17, 15) is 0 Å². The summed E-state index contributed by atoms with van der Waals surface area (Å²) in [6.07, 6.45) is 2.93. The van der Waals surface area contributed by atoms with Gasteiger partial charge in [0.05, 0.1) is 6.61 Å². The fourth-order valence-electron chi connectivity index (χ4n) is 2.44. The standard InChI is InChI=1S/C15H23ClN2O/c1-2-14(17)11-12-10-13(16)4-5-15(12)18-6-3-8-19-9-7-18/h4-5,10,14H,2-3,6-9,11,17H2,1H3. The molecule has 1 saturated heterocycles. The Morgan fingerprint density at radius 1 is 1.37 bits per heavy atom. The van der Waals surface area contributed by atoms with Gasteiger partial charge in [0.25, 0.3) is 0 Å². The van der Waals surface area contributed by atoms with Crippen LogP contribution in [0.4, 0.5) is 5.69 Å². The predicted molar refractivity (Wildman–Crippen MR) is 81.1 cm³/mol. The second-order valence-electron chi connectivity index (χ2n) is 5.10. The predicted octanol–water partition coefficient (Wildman–Crippen LogP) is 2.85. The van der Waals surface area contributed by atoms with Crippen molar-refractivity contribution in [1.82, 2.24) is 0 Å². The first-order chi connectivity index (χ1) is 9.20. The van der Waals surface area contributed by atoms with Gasteiger partial charge in [0.2, 0.25) is 0 Å². The van der Waals surface area contributed by atoms with Crippen LogP contribution in [0.15, 0.2) is 18.2 Å². The maximum Gasteiger partial charge on any atom is 0.0641 e. The highest BCUT2D eigenvalue weighted by Gasteiger charge is 2.15. The Bertz CT molecular complexity index is 403. The minimum atomic E-state index is 0.195. The van der Waals surface area contributed by atoms with Gasteiger partial charge < -0.3 is 15.4 Å².